The molecule has 0 bridgehead atoms. The van der Waals surface area contributed by atoms with Crippen LogP contribution in [0.3, 0.4) is 0 Å². The maximum atomic E-state index is 12.4. The molecule has 2 N–H and O–H groups in total. The van der Waals surface area contributed by atoms with Crippen LogP contribution in [0.2, 0.25) is 0 Å². The van der Waals surface area contributed by atoms with Crippen LogP contribution in [0.4, 0.5) is 0 Å². The molecule has 0 spiro atoms. The lowest BCUT2D eigenvalue weighted by atomic mass is 9.94. The lowest BCUT2D eigenvalue weighted by Crippen LogP contribution is -2.44. The van der Waals surface area contributed by atoms with E-state index < -0.39 is 19.9 Å². The summed E-state index contributed by atoms with van der Waals surface area (Å²) in [5, 5.41) is 3.26. The number of benzene rings is 1. The molecule has 9 heteroatoms. The molecular formula is C14H23ClN2O4S2. The summed E-state index contributed by atoms with van der Waals surface area (Å²) in [6.07, 6.45) is 3.12. The van der Waals surface area contributed by atoms with E-state index in [1.807, 2.05) is 6.92 Å². The van der Waals surface area contributed by atoms with Crippen LogP contribution in [0.25, 0.3) is 0 Å². The van der Waals surface area contributed by atoms with Crippen LogP contribution in [0.5, 0.6) is 0 Å². The van der Waals surface area contributed by atoms with Gasteiger partial charge in [0, 0.05) is 12.3 Å². The zero-order valence-electron chi connectivity index (χ0n) is 13.2. The van der Waals surface area contributed by atoms with Crippen LogP contribution in [-0.2, 0) is 19.9 Å². The van der Waals surface area contributed by atoms with Crippen LogP contribution in [0.15, 0.2) is 34.1 Å². The fraction of sp³-hybridized carbons (Fsp3) is 0.571. The molecule has 2 atom stereocenters. The molecule has 1 heterocycles. The Balaban J connectivity index is 0.00000264. The van der Waals surface area contributed by atoms with E-state index >= 15 is 0 Å². The van der Waals surface area contributed by atoms with Crippen LogP contribution in [-0.4, -0.2) is 42.2 Å². The minimum Gasteiger partial charge on any atom is -0.316 e. The predicted molar refractivity (Wildman–Crippen MR) is 92.2 cm³/mol. The molecule has 23 heavy (non-hydrogen) atoms. The first-order valence-electron chi connectivity index (χ1n) is 7.23. The van der Waals surface area contributed by atoms with E-state index in [9.17, 15) is 16.8 Å². The summed E-state index contributed by atoms with van der Waals surface area (Å²) < 4.78 is 50.2. The number of piperidine rings is 1. The third kappa shape index (κ3) is 5.42. The maximum absolute atomic E-state index is 12.4. The van der Waals surface area contributed by atoms with Gasteiger partial charge in [0.1, 0.15) is 0 Å². The average molecular weight is 383 g/mol. The van der Waals surface area contributed by atoms with Crippen molar-refractivity contribution in [2.75, 3.05) is 19.3 Å². The molecule has 1 saturated heterocycles. The Kier molecular flexibility index (Phi) is 7.03. The lowest BCUT2D eigenvalue weighted by Gasteiger charge is -2.28. The Morgan fingerprint density at radius 3 is 2.17 bits per heavy atom. The van der Waals surface area contributed by atoms with Gasteiger partial charge in [0.25, 0.3) is 0 Å². The van der Waals surface area contributed by atoms with Gasteiger partial charge in [0.15, 0.2) is 9.84 Å². The molecule has 1 aromatic carbocycles. The standard InChI is InChI=1S/C14H22N2O4S2.ClH/c1-11(12-4-3-9-15-10-12)16-22(19,20)14-7-5-13(6-8-14)21(2,17)18;/h5-8,11-12,15-16H,3-4,9-10H2,1-2H3;1H. The highest BCUT2D eigenvalue weighted by atomic mass is 35.5. The molecule has 1 fully saturated rings. The molecule has 1 aromatic rings. The molecule has 1 aliphatic rings. The van der Waals surface area contributed by atoms with Crippen molar-refractivity contribution in [1.82, 2.24) is 10.0 Å². The predicted octanol–water partition coefficient (Wildman–Crippen LogP) is 1.18. The Morgan fingerprint density at radius 2 is 1.70 bits per heavy atom. The number of sulfonamides is 1. The number of rotatable bonds is 5. The molecule has 132 valence electrons. The Bertz CT molecular complexity index is 712. The van der Waals surface area contributed by atoms with Crippen molar-refractivity contribution >= 4 is 32.3 Å². The van der Waals surface area contributed by atoms with Gasteiger partial charge in [-0.15, -0.1) is 12.4 Å². The number of nitrogens with one attached hydrogen (secondary N) is 2. The van der Waals surface area contributed by atoms with E-state index in [1.54, 1.807) is 0 Å². The van der Waals surface area contributed by atoms with Gasteiger partial charge in [0.05, 0.1) is 9.79 Å². The smallest absolute Gasteiger partial charge is 0.240 e. The molecule has 0 amide bonds. The minimum atomic E-state index is -3.64. The van der Waals surface area contributed by atoms with E-state index in [-0.39, 0.29) is 34.2 Å². The highest BCUT2D eigenvalue weighted by Crippen LogP contribution is 2.18. The second-order valence-electron chi connectivity index (χ2n) is 5.76. The molecule has 0 radical (unpaired) electrons. The van der Waals surface area contributed by atoms with E-state index in [0.29, 0.717) is 0 Å². The Hall–Kier alpha value is -0.670. The second-order valence-corrected chi connectivity index (χ2v) is 9.49. The quantitative estimate of drug-likeness (QED) is 0.797. The zero-order chi connectivity index (χ0) is 16.4. The topological polar surface area (TPSA) is 92.3 Å². The van der Waals surface area contributed by atoms with E-state index in [1.165, 1.54) is 24.3 Å². The third-order valence-corrected chi connectivity index (χ3v) is 6.65. The number of sulfone groups is 1. The molecule has 0 saturated carbocycles. The summed E-state index contributed by atoms with van der Waals surface area (Å²) >= 11 is 0. The van der Waals surface area contributed by atoms with Crippen LogP contribution < -0.4 is 10.0 Å². The van der Waals surface area contributed by atoms with Crippen LogP contribution in [0, 0.1) is 5.92 Å². The summed E-state index contributed by atoms with van der Waals surface area (Å²) in [7, 11) is -6.97. The van der Waals surface area contributed by atoms with Gasteiger partial charge >= 0.3 is 0 Å². The number of hydrogen-bond acceptors (Lipinski definition) is 5. The largest absolute Gasteiger partial charge is 0.316 e. The van der Waals surface area contributed by atoms with Crippen LogP contribution in [0.1, 0.15) is 19.8 Å². The van der Waals surface area contributed by atoms with E-state index in [2.05, 4.69) is 10.0 Å². The van der Waals surface area contributed by atoms with Crippen LogP contribution >= 0.6 is 12.4 Å². The van der Waals surface area contributed by atoms with Gasteiger partial charge in [-0.2, -0.15) is 0 Å². The monoisotopic (exact) mass is 382 g/mol. The van der Waals surface area contributed by atoms with Gasteiger partial charge in [0.2, 0.25) is 10.0 Å². The lowest BCUT2D eigenvalue weighted by molar-refractivity contribution is 0.320. The fourth-order valence-corrected chi connectivity index (χ4v) is 4.52. The van der Waals surface area contributed by atoms with Gasteiger partial charge in [-0.3, -0.25) is 0 Å². The summed E-state index contributed by atoms with van der Waals surface area (Å²) in [5.41, 5.74) is 0. The van der Waals surface area contributed by atoms with Gasteiger partial charge < -0.3 is 5.32 Å². The van der Waals surface area contributed by atoms with Gasteiger partial charge in [-0.25, -0.2) is 21.6 Å². The SMILES string of the molecule is CC(NS(=O)(=O)c1ccc(S(C)(=O)=O)cc1)C1CCCNC1.Cl. The second kappa shape index (κ2) is 7.94. The summed E-state index contributed by atoms with van der Waals surface area (Å²) in [6, 6.07) is 5.11. The molecule has 1 aliphatic heterocycles. The van der Waals surface area contributed by atoms with Crippen molar-refractivity contribution < 1.29 is 16.8 Å². The Labute approximate surface area is 144 Å². The normalized spacial score (nSPS) is 20.5. The number of hydrogen-bond donors (Lipinski definition) is 2. The molecule has 2 rings (SSSR count). The van der Waals surface area contributed by atoms with Crippen molar-refractivity contribution in [1.29, 1.82) is 0 Å². The van der Waals surface area contributed by atoms with Gasteiger partial charge in [-0.05, 0) is 63.0 Å². The zero-order valence-corrected chi connectivity index (χ0v) is 15.6. The summed E-state index contributed by atoms with van der Waals surface area (Å²) in [4.78, 5) is 0.187. The van der Waals surface area contributed by atoms with Gasteiger partial charge in [-0.1, -0.05) is 0 Å². The summed E-state index contributed by atoms with van der Waals surface area (Å²) in [5.74, 6) is 0.263. The average Bonchev–Trinajstić information content (AvgIpc) is 2.47. The molecule has 0 aromatic heterocycles. The fourth-order valence-electron chi connectivity index (χ4n) is 2.58. The first kappa shape index (κ1) is 20.4. The highest BCUT2D eigenvalue weighted by molar-refractivity contribution is 7.90. The van der Waals surface area contributed by atoms with Crippen molar-refractivity contribution in [3.05, 3.63) is 24.3 Å². The first-order valence-corrected chi connectivity index (χ1v) is 10.6. The van der Waals surface area contributed by atoms with E-state index in [4.69, 9.17) is 0 Å². The summed E-state index contributed by atoms with van der Waals surface area (Å²) in [6.45, 7) is 3.64. The first-order chi connectivity index (χ1) is 10.2. The molecule has 2 unspecified atom stereocenters. The molecule has 6 nitrogen and oxygen atoms in total. The minimum absolute atomic E-state index is 0. The maximum Gasteiger partial charge on any atom is 0.240 e. The highest BCUT2D eigenvalue weighted by Gasteiger charge is 2.25. The van der Waals surface area contributed by atoms with Crippen molar-refractivity contribution in [2.24, 2.45) is 5.92 Å². The molecular weight excluding hydrogens is 360 g/mol. The van der Waals surface area contributed by atoms with Crippen molar-refractivity contribution in [3.8, 4) is 0 Å². The third-order valence-electron chi connectivity index (χ3n) is 3.95. The van der Waals surface area contributed by atoms with Crippen molar-refractivity contribution in [2.45, 2.75) is 35.6 Å². The van der Waals surface area contributed by atoms with Crippen molar-refractivity contribution in [3.63, 3.8) is 0 Å². The molecule has 0 aliphatic carbocycles. The van der Waals surface area contributed by atoms with E-state index in [0.717, 1.165) is 32.2 Å². The number of halogens is 1. The Morgan fingerprint density at radius 1 is 1.13 bits per heavy atom.